The van der Waals surface area contributed by atoms with Gasteiger partial charge in [0.1, 0.15) is 17.9 Å². The average molecular weight is 344 g/mol. The van der Waals surface area contributed by atoms with Gasteiger partial charge in [-0.3, -0.25) is 4.79 Å². The van der Waals surface area contributed by atoms with Crippen molar-refractivity contribution in [1.82, 2.24) is 16.0 Å². The lowest BCUT2D eigenvalue weighted by Gasteiger charge is -2.11. The molecule has 6 nitrogen and oxygen atoms in total. The summed E-state index contributed by atoms with van der Waals surface area (Å²) in [5.74, 6) is 1.60. The van der Waals surface area contributed by atoms with Crippen molar-refractivity contribution in [3.05, 3.63) is 35.6 Å². The third kappa shape index (κ3) is 5.52. The Kier molecular flexibility index (Phi) is 7.32. The number of nitrogens with one attached hydrogen (secondary N) is 3. The number of aryl methyl sites for hydroxylation is 1. The van der Waals surface area contributed by atoms with E-state index in [4.69, 9.17) is 4.42 Å². The zero-order valence-corrected chi connectivity index (χ0v) is 15.3. The van der Waals surface area contributed by atoms with Crippen LogP contribution in [0.1, 0.15) is 38.0 Å². The van der Waals surface area contributed by atoms with Crippen molar-refractivity contribution in [2.24, 2.45) is 4.99 Å². The minimum Gasteiger partial charge on any atom is -0.459 e. The molecular formula is C19H28N4O2. The number of benzene rings is 1. The highest BCUT2D eigenvalue weighted by Gasteiger charge is 2.09. The molecule has 0 atom stereocenters. The van der Waals surface area contributed by atoms with Gasteiger partial charge in [0.25, 0.3) is 0 Å². The number of furan rings is 1. The summed E-state index contributed by atoms with van der Waals surface area (Å²) in [7, 11) is 0. The highest BCUT2D eigenvalue weighted by molar-refractivity contribution is 5.83. The van der Waals surface area contributed by atoms with E-state index in [-0.39, 0.29) is 5.91 Å². The predicted octanol–water partition coefficient (Wildman–Crippen LogP) is 2.71. The lowest BCUT2D eigenvalue weighted by atomic mass is 10.1. The fourth-order valence-electron chi connectivity index (χ4n) is 2.52. The number of nitrogens with zero attached hydrogens (tertiary/aromatic N) is 1. The molecule has 0 spiro atoms. The molecule has 0 unspecified atom stereocenters. The quantitative estimate of drug-likeness (QED) is 0.508. The summed E-state index contributed by atoms with van der Waals surface area (Å²) < 4.78 is 5.89. The van der Waals surface area contributed by atoms with Crippen LogP contribution in [0.25, 0.3) is 11.0 Å². The van der Waals surface area contributed by atoms with E-state index in [0.717, 1.165) is 41.8 Å². The Hall–Kier alpha value is -2.50. The van der Waals surface area contributed by atoms with E-state index in [1.54, 1.807) is 0 Å². The molecule has 0 aliphatic rings. The molecule has 1 aromatic carbocycles. The van der Waals surface area contributed by atoms with Gasteiger partial charge >= 0.3 is 0 Å². The van der Waals surface area contributed by atoms with Gasteiger partial charge < -0.3 is 20.4 Å². The minimum atomic E-state index is 0.0540. The topological polar surface area (TPSA) is 78.7 Å². The van der Waals surface area contributed by atoms with E-state index >= 15 is 0 Å². The first-order valence-electron chi connectivity index (χ1n) is 8.91. The Morgan fingerprint density at radius 3 is 2.64 bits per heavy atom. The van der Waals surface area contributed by atoms with Crippen LogP contribution in [0.2, 0.25) is 0 Å². The highest BCUT2D eigenvalue weighted by Crippen LogP contribution is 2.25. The van der Waals surface area contributed by atoms with Crippen LogP contribution in [-0.2, 0) is 11.3 Å². The SMILES string of the molecule is CCCNC(=O)CCNC(=NCc1oc2ccccc2c1C)NCC. The first-order chi connectivity index (χ1) is 12.2. The number of fused-ring (bicyclic) bond motifs is 1. The maximum atomic E-state index is 11.6. The Balaban J connectivity index is 1.94. The molecule has 0 fully saturated rings. The third-order valence-corrected chi connectivity index (χ3v) is 3.88. The second-order valence-corrected chi connectivity index (χ2v) is 5.87. The Morgan fingerprint density at radius 2 is 1.92 bits per heavy atom. The van der Waals surface area contributed by atoms with Crippen molar-refractivity contribution in [1.29, 1.82) is 0 Å². The molecule has 25 heavy (non-hydrogen) atoms. The first kappa shape index (κ1) is 18.8. The normalized spacial score (nSPS) is 11.6. The summed E-state index contributed by atoms with van der Waals surface area (Å²) in [6, 6.07) is 7.99. The molecule has 1 heterocycles. The van der Waals surface area contributed by atoms with Crippen molar-refractivity contribution in [2.45, 2.75) is 40.2 Å². The van der Waals surface area contributed by atoms with Crippen LogP contribution in [0, 0.1) is 6.92 Å². The van der Waals surface area contributed by atoms with E-state index in [0.29, 0.717) is 25.5 Å². The smallest absolute Gasteiger partial charge is 0.221 e. The molecule has 2 aromatic rings. The van der Waals surface area contributed by atoms with Crippen LogP contribution in [0.15, 0.2) is 33.7 Å². The van der Waals surface area contributed by atoms with Gasteiger partial charge in [0.15, 0.2) is 5.96 Å². The van der Waals surface area contributed by atoms with Crippen LogP contribution in [0.3, 0.4) is 0 Å². The molecule has 0 aliphatic carbocycles. The number of amides is 1. The summed E-state index contributed by atoms with van der Waals surface area (Å²) in [4.78, 5) is 16.2. The third-order valence-electron chi connectivity index (χ3n) is 3.88. The number of carbonyl (C=O) groups excluding carboxylic acids is 1. The van der Waals surface area contributed by atoms with Crippen LogP contribution >= 0.6 is 0 Å². The van der Waals surface area contributed by atoms with Gasteiger partial charge in [0.05, 0.1) is 0 Å². The van der Waals surface area contributed by atoms with Gasteiger partial charge in [-0.25, -0.2) is 4.99 Å². The maximum absolute atomic E-state index is 11.6. The first-order valence-corrected chi connectivity index (χ1v) is 8.91. The Bertz CT molecular complexity index is 721. The fraction of sp³-hybridized carbons (Fsp3) is 0.474. The highest BCUT2D eigenvalue weighted by atomic mass is 16.3. The van der Waals surface area contributed by atoms with Gasteiger partial charge in [-0.2, -0.15) is 0 Å². The van der Waals surface area contributed by atoms with Crippen molar-refractivity contribution in [2.75, 3.05) is 19.6 Å². The predicted molar refractivity (Wildman–Crippen MR) is 102 cm³/mol. The lowest BCUT2D eigenvalue weighted by Crippen LogP contribution is -2.39. The van der Waals surface area contributed by atoms with Gasteiger partial charge in [0, 0.05) is 37.0 Å². The number of aliphatic imine (C=N–C) groups is 1. The molecule has 136 valence electrons. The van der Waals surface area contributed by atoms with E-state index in [2.05, 4.69) is 33.9 Å². The molecule has 0 aliphatic heterocycles. The summed E-state index contributed by atoms with van der Waals surface area (Å²) in [5.41, 5.74) is 2.00. The van der Waals surface area contributed by atoms with E-state index < -0.39 is 0 Å². The van der Waals surface area contributed by atoms with Crippen LogP contribution in [0.4, 0.5) is 0 Å². The van der Waals surface area contributed by atoms with Gasteiger partial charge in [-0.1, -0.05) is 25.1 Å². The van der Waals surface area contributed by atoms with Crippen molar-refractivity contribution >= 4 is 22.8 Å². The monoisotopic (exact) mass is 344 g/mol. The zero-order chi connectivity index (χ0) is 18.1. The summed E-state index contributed by atoms with van der Waals surface area (Å²) in [5, 5.41) is 10.4. The Labute approximate surface area is 149 Å². The number of hydrogen-bond acceptors (Lipinski definition) is 3. The summed E-state index contributed by atoms with van der Waals surface area (Å²) in [6.07, 6.45) is 1.37. The summed E-state index contributed by atoms with van der Waals surface area (Å²) in [6.45, 7) is 8.57. The number of para-hydroxylation sites is 1. The standard InChI is InChI=1S/C19H28N4O2/c1-4-11-21-18(24)10-12-22-19(20-5-2)23-13-17-14(3)15-8-6-7-9-16(15)25-17/h6-9H,4-5,10-13H2,1-3H3,(H,21,24)(H2,20,22,23). The molecule has 1 amide bonds. The number of rotatable bonds is 8. The number of guanidine groups is 1. The second kappa shape index (κ2) is 9.71. The van der Waals surface area contributed by atoms with Crippen LogP contribution in [-0.4, -0.2) is 31.5 Å². The molecule has 2 rings (SSSR count). The van der Waals surface area contributed by atoms with Crippen molar-refractivity contribution in [3.63, 3.8) is 0 Å². The Morgan fingerprint density at radius 1 is 1.12 bits per heavy atom. The second-order valence-electron chi connectivity index (χ2n) is 5.87. The zero-order valence-electron chi connectivity index (χ0n) is 15.3. The van der Waals surface area contributed by atoms with Gasteiger partial charge in [-0.15, -0.1) is 0 Å². The molecule has 6 heteroatoms. The molecular weight excluding hydrogens is 316 g/mol. The van der Waals surface area contributed by atoms with Crippen molar-refractivity contribution < 1.29 is 9.21 Å². The molecule has 0 saturated heterocycles. The van der Waals surface area contributed by atoms with Gasteiger partial charge in [-0.05, 0) is 26.3 Å². The molecule has 0 radical (unpaired) electrons. The maximum Gasteiger partial charge on any atom is 0.221 e. The summed E-state index contributed by atoms with van der Waals surface area (Å²) >= 11 is 0. The molecule has 1 aromatic heterocycles. The lowest BCUT2D eigenvalue weighted by molar-refractivity contribution is -0.120. The number of hydrogen-bond donors (Lipinski definition) is 3. The molecule has 3 N–H and O–H groups in total. The fourth-order valence-corrected chi connectivity index (χ4v) is 2.52. The minimum absolute atomic E-state index is 0.0540. The van der Waals surface area contributed by atoms with E-state index in [1.165, 1.54) is 0 Å². The van der Waals surface area contributed by atoms with Crippen molar-refractivity contribution in [3.8, 4) is 0 Å². The molecule has 0 saturated carbocycles. The van der Waals surface area contributed by atoms with E-state index in [9.17, 15) is 4.79 Å². The van der Waals surface area contributed by atoms with Gasteiger partial charge in [0.2, 0.25) is 5.91 Å². The van der Waals surface area contributed by atoms with Crippen LogP contribution in [0.5, 0.6) is 0 Å². The average Bonchev–Trinajstić information content (AvgIpc) is 2.94. The molecule has 0 bridgehead atoms. The van der Waals surface area contributed by atoms with E-state index in [1.807, 2.05) is 32.0 Å². The number of carbonyl (C=O) groups is 1. The van der Waals surface area contributed by atoms with Crippen LogP contribution < -0.4 is 16.0 Å². The largest absolute Gasteiger partial charge is 0.459 e.